The number of aromatic nitrogens is 4. The molecule has 0 unspecified atom stereocenters. The largest absolute Gasteiger partial charge is 0.455 e. The zero-order valence-corrected chi connectivity index (χ0v) is 18.5. The normalized spacial score (nSPS) is 11.8. The van der Waals surface area contributed by atoms with E-state index in [9.17, 15) is 0 Å². The van der Waals surface area contributed by atoms with Gasteiger partial charge in [0, 0.05) is 34.3 Å². The SMILES string of the molecule is Cc1cc2nc(-c3cccc4c3oc3ccccc34)n(-c3cc(C)nc(C)c3)c2[n+](C)c1. The van der Waals surface area contributed by atoms with Crippen LogP contribution in [0.25, 0.3) is 50.2 Å². The lowest BCUT2D eigenvalue weighted by Gasteiger charge is -2.06. The Morgan fingerprint density at radius 1 is 0.844 bits per heavy atom. The number of pyridine rings is 2. The minimum atomic E-state index is 0.854. The van der Waals surface area contributed by atoms with Gasteiger partial charge in [0.25, 0.3) is 0 Å². The number of imidazole rings is 1. The van der Waals surface area contributed by atoms with Gasteiger partial charge >= 0.3 is 5.65 Å². The van der Waals surface area contributed by atoms with Gasteiger partial charge in [0.1, 0.15) is 16.9 Å². The van der Waals surface area contributed by atoms with E-state index in [4.69, 9.17) is 9.40 Å². The quantitative estimate of drug-likeness (QED) is 0.337. The van der Waals surface area contributed by atoms with E-state index < -0.39 is 0 Å². The van der Waals surface area contributed by atoms with Crippen LogP contribution in [0.15, 0.2) is 71.3 Å². The first-order valence-electron chi connectivity index (χ1n) is 10.7. The Balaban J connectivity index is 1.77. The number of nitrogens with zero attached hydrogens (tertiary/aromatic N) is 4. The topological polar surface area (TPSA) is 47.7 Å². The van der Waals surface area contributed by atoms with E-state index in [0.717, 1.165) is 61.6 Å². The van der Waals surface area contributed by atoms with Crippen molar-refractivity contribution in [2.75, 3.05) is 0 Å². The van der Waals surface area contributed by atoms with Crippen molar-refractivity contribution in [1.29, 1.82) is 0 Å². The average molecular weight is 420 g/mol. The van der Waals surface area contributed by atoms with Gasteiger partial charge in [-0.2, -0.15) is 4.57 Å². The Labute approximate surface area is 185 Å². The van der Waals surface area contributed by atoms with Crippen molar-refractivity contribution >= 4 is 33.1 Å². The van der Waals surface area contributed by atoms with Gasteiger partial charge in [0.2, 0.25) is 5.82 Å². The second kappa shape index (κ2) is 6.76. The maximum absolute atomic E-state index is 6.35. The van der Waals surface area contributed by atoms with Crippen LogP contribution in [0.1, 0.15) is 17.0 Å². The van der Waals surface area contributed by atoms with Crippen molar-refractivity contribution in [1.82, 2.24) is 14.5 Å². The van der Waals surface area contributed by atoms with Crippen molar-refractivity contribution in [3.05, 3.63) is 83.8 Å². The van der Waals surface area contributed by atoms with Crippen LogP contribution in [-0.2, 0) is 7.05 Å². The predicted molar refractivity (Wildman–Crippen MR) is 127 cm³/mol. The van der Waals surface area contributed by atoms with Crippen molar-refractivity contribution < 1.29 is 8.98 Å². The van der Waals surface area contributed by atoms with Gasteiger partial charge in [-0.25, -0.2) is 9.55 Å². The van der Waals surface area contributed by atoms with Gasteiger partial charge in [-0.1, -0.05) is 30.3 Å². The summed E-state index contributed by atoms with van der Waals surface area (Å²) >= 11 is 0. The van der Waals surface area contributed by atoms with Crippen LogP contribution in [0, 0.1) is 20.8 Å². The molecule has 0 spiro atoms. The number of fused-ring (bicyclic) bond motifs is 4. The molecule has 0 amide bonds. The van der Waals surface area contributed by atoms with Gasteiger partial charge in [-0.15, -0.1) is 0 Å². The zero-order chi connectivity index (χ0) is 22.0. The number of aryl methyl sites for hydroxylation is 4. The first-order chi connectivity index (χ1) is 15.5. The van der Waals surface area contributed by atoms with E-state index in [1.54, 1.807) is 0 Å². The molecule has 0 N–H and O–H groups in total. The minimum absolute atomic E-state index is 0.854. The van der Waals surface area contributed by atoms with E-state index in [1.807, 2.05) is 32.0 Å². The molecule has 5 nitrogen and oxygen atoms in total. The summed E-state index contributed by atoms with van der Waals surface area (Å²) in [6.07, 6.45) is 2.13. The highest BCUT2D eigenvalue weighted by Gasteiger charge is 2.27. The summed E-state index contributed by atoms with van der Waals surface area (Å²) in [7, 11) is 2.07. The van der Waals surface area contributed by atoms with Crippen LogP contribution in [0.3, 0.4) is 0 Å². The molecule has 6 aromatic rings. The van der Waals surface area contributed by atoms with Gasteiger partial charge in [-0.05, 0) is 44.5 Å². The molecular formula is C27H23N4O+. The first-order valence-corrected chi connectivity index (χ1v) is 10.7. The minimum Gasteiger partial charge on any atom is -0.455 e. The molecule has 5 heteroatoms. The lowest BCUT2D eigenvalue weighted by Crippen LogP contribution is -2.31. The molecule has 4 heterocycles. The molecule has 2 aromatic carbocycles. The standard InChI is InChI=1S/C27H23N4O/c1-16-12-23-27(30(4)15-16)31(19-13-17(2)28-18(3)14-19)26(29-23)22-10-7-9-21-20-8-5-6-11-24(20)32-25(21)22/h5-15H,1-4H3/q+1. The first kappa shape index (κ1) is 18.8. The molecule has 4 aromatic heterocycles. The number of para-hydroxylation sites is 2. The number of hydrogen-bond donors (Lipinski definition) is 0. The highest BCUT2D eigenvalue weighted by molar-refractivity contribution is 6.09. The summed E-state index contributed by atoms with van der Waals surface area (Å²) in [5.74, 6) is 0.857. The molecule has 0 saturated heterocycles. The van der Waals surface area contributed by atoms with Gasteiger partial charge in [0.15, 0.2) is 5.52 Å². The highest BCUT2D eigenvalue weighted by Crippen LogP contribution is 2.37. The van der Waals surface area contributed by atoms with Gasteiger partial charge < -0.3 is 4.42 Å². The molecule has 6 rings (SSSR count). The Kier molecular flexibility index (Phi) is 3.96. The van der Waals surface area contributed by atoms with Crippen LogP contribution < -0.4 is 4.57 Å². The van der Waals surface area contributed by atoms with Crippen LogP contribution in [0.2, 0.25) is 0 Å². The molecule has 32 heavy (non-hydrogen) atoms. The number of rotatable bonds is 2. The molecule has 156 valence electrons. The van der Waals surface area contributed by atoms with E-state index >= 15 is 0 Å². The smallest absolute Gasteiger partial charge is 0.314 e. The van der Waals surface area contributed by atoms with Gasteiger partial charge in [0.05, 0.1) is 18.8 Å². The number of furan rings is 1. The third-order valence-electron chi connectivity index (χ3n) is 5.94. The Morgan fingerprint density at radius 2 is 1.59 bits per heavy atom. The van der Waals surface area contributed by atoms with Crippen molar-refractivity contribution in [3.63, 3.8) is 0 Å². The lowest BCUT2D eigenvalue weighted by molar-refractivity contribution is -0.647. The maximum atomic E-state index is 6.35. The summed E-state index contributed by atoms with van der Waals surface area (Å²) in [6.45, 7) is 6.15. The summed E-state index contributed by atoms with van der Waals surface area (Å²) in [6, 6.07) is 20.8. The summed E-state index contributed by atoms with van der Waals surface area (Å²) in [5, 5.41) is 2.21. The maximum Gasteiger partial charge on any atom is 0.314 e. The highest BCUT2D eigenvalue weighted by atomic mass is 16.3. The Morgan fingerprint density at radius 3 is 2.41 bits per heavy atom. The third-order valence-corrected chi connectivity index (χ3v) is 5.94. The van der Waals surface area contributed by atoms with Crippen molar-refractivity contribution in [2.45, 2.75) is 20.8 Å². The number of benzene rings is 2. The van der Waals surface area contributed by atoms with Crippen molar-refractivity contribution in [2.24, 2.45) is 7.05 Å². The fourth-order valence-electron chi connectivity index (χ4n) is 4.77. The van der Waals surface area contributed by atoms with Crippen LogP contribution >= 0.6 is 0 Å². The second-order valence-electron chi connectivity index (χ2n) is 8.50. The Hall–Kier alpha value is -3.99. The van der Waals surface area contributed by atoms with E-state index in [0.29, 0.717) is 0 Å². The molecule has 0 saturated carbocycles. The molecular weight excluding hydrogens is 396 g/mol. The second-order valence-corrected chi connectivity index (χ2v) is 8.50. The van der Waals surface area contributed by atoms with Crippen LogP contribution in [0.5, 0.6) is 0 Å². The monoisotopic (exact) mass is 419 g/mol. The molecule has 0 aliphatic heterocycles. The third kappa shape index (κ3) is 2.74. The Bertz CT molecular complexity index is 1650. The molecule has 0 aliphatic rings. The summed E-state index contributed by atoms with van der Waals surface area (Å²) in [4.78, 5) is 9.71. The average Bonchev–Trinajstić information content (AvgIpc) is 3.31. The van der Waals surface area contributed by atoms with E-state index in [1.165, 1.54) is 5.56 Å². The zero-order valence-electron chi connectivity index (χ0n) is 18.5. The van der Waals surface area contributed by atoms with Crippen LogP contribution in [-0.4, -0.2) is 14.5 Å². The summed E-state index contributed by atoms with van der Waals surface area (Å²) < 4.78 is 10.7. The fourth-order valence-corrected chi connectivity index (χ4v) is 4.77. The molecule has 0 aliphatic carbocycles. The predicted octanol–water partition coefficient (Wildman–Crippen LogP) is 5.74. The molecule has 0 fully saturated rings. The van der Waals surface area contributed by atoms with E-state index in [-0.39, 0.29) is 0 Å². The number of hydrogen-bond acceptors (Lipinski definition) is 3. The molecule has 0 bridgehead atoms. The fraction of sp³-hybridized carbons (Fsp3) is 0.148. The molecule has 0 radical (unpaired) electrons. The van der Waals surface area contributed by atoms with Crippen LogP contribution in [0.4, 0.5) is 0 Å². The van der Waals surface area contributed by atoms with Gasteiger partial charge in [-0.3, -0.25) is 4.98 Å². The van der Waals surface area contributed by atoms with Crippen molar-refractivity contribution in [3.8, 4) is 17.1 Å². The summed E-state index contributed by atoms with van der Waals surface area (Å²) in [5.41, 5.74) is 8.85. The lowest BCUT2D eigenvalue weighted by atomic mass is 10.1. The molecule has 0 atom stereocenters. The van der Waals surface area contributed by atoms with E-state index in [2.05, 4.69) is 76.8 Å².